The summed E-state index contributed by atoms with van der Waals surface area (Å²) >= 11 is 1.35. The van der Waals surface area contributed by atoms with Crippen LogP contribution in [-0.4, -0.2) is 52.4 Å². The van der Waals surface area contributed by atoms with Gasteiger partial charge in [-0.3, -0.25) is 4.79 Å². The molecule has 0 saturated heterocycles. The zero-order chi connectivity index (χ0) is 21.9. The number of likely N-dealkylation sites (N-methyl/N-ethyl adjacent to an activating group) is 1. The lowest BCUT2D eigenvalue weighted by molar-refractivity contribution is -0.116. The van der Waals surface area contributed by atoms with E-state index in [1.165, 1.54) is 44.7 Å². The van der Waals surface area contributed by atoms with Crippen molar-refractivity contribution in [2.75, 3.05) is 33.1 Å². The van der Waals surface area contributed by atoms with Crippen molar-refractivity contribution in [2.24, 2.45) is 0 Å². The van der Waals surface area contributed by atoms with Crippen LogP contribution in [0, 0.1) is 0 Å². The molecule has 0 bridgehead atoms. The molecule has 10 heteroatoms. The number of nitrogens with zero attached hydrogens (tertiary/aromatic N) is 1. The zero-order valence-electron chi connectivity index (χ0n) is 17.1. The van der Waals surface area contributed by atoms with Gasteiger partial charge in [0.1, 0.15) is 10.8 Å². The third-order valence-corrected chi connectivity index (χ3v) is 7.97. The summed E-state index contributed by atoms with van der Waals surface area (Å²) < 4.78 is 36.4. The maximum Gasteiger partial charge on any atom is 0.341 e. The van der Waals surface area contributed by atoms with E-state index in [-0.39, 0.29) is 4.90 Å². The summed E-state index contributed by atoms with van der Waals surface area (Å²) in [7, 11) is 0.270. The molecule has 0 unspecified atom stereocenters. The van der Waals surface area contributed by atoms with Gasteiger partial charge in [-0.2, -0.15) is 4.31 Å². The number of amides is 1. The van der Waals surface area contributed by atoms with Crippen LogP contribution in [0.3, 0.4) is 0 Å². The number of fused-ring (bicyclic) bond motifs is 1. The summed E-state index contributed by atoms with van der Waals surface area (Å²) in [5.41, 5.74) is 1.30. The second-order valence-electron chi connectivity index (χ2n) is 6.89. The van der Waals surface area contributed by atoms with Crippen LogP contribution >= 0.6 is 11.3 Å². The number of benzene rings is 1. The highest BCUT2D eigenvalue weighted by Gasteiger charge is 2.28. The van der Waals surface area contributed by atoms with E-state index in [1.807, 2.05) is 0 Å². The van der Waals surface area contributed by atoms with Crippen molar-refractivity contribution < 1.29 is 27.5 Å². The van der Waals surface area contributed by atoms with Crippen LogP contribution in [0.5, 0.6) is 5.75 Å². The van der Waals surface area contributed by atoms with E-state index in [2.05, 4.69) is 5.32 Å². The topological polar surface area (TPSA) is 102 Å². The minimum atomic E-state index is -3.86. The number of carbonyl (C=O) groups excluding carboxylic acids is 2. The molecule has 0 atom stereocenters. The van der Waals surface area contributed by atoms with Crippen LogP contribution in [0.4, 0.5) is 5.00 Å². The molecule has 3 rings (SSSR count). The van der Waals surface area contributed by atoms with Gasteiger partial charge >= 0.3 is 5.97 Å². The number of esters is 1. The number of sulfonamides is 1. The quantitative estimate of drug-likeness (QED) is 0.648. The number of thiophene rings is 1. The normalized spacial score (nSPS) is 13.6. The van der Waals surface area contributed by atoms with E-state index in [0.29, 0.717) is 16.3 Å². The lowest BCUT2D eigenvalue weighted by Crippen LogP contribution is -2.35. The van der Waals surface area contributed by atoms with Gasteiger partial charge in [0.2, 0.25) is 15.9 Å². The van der Waals surface area contributed by atoms with Crippen LogP contribution in [0.15, 0.2) is 29.2 Å². The molecule has 1 amide bonds. The van der Waals surface area contributed by atoms with Gasteiger partial charge in [0.25, 0.3) is 0 Å². The second kappa shape index (κ2) is 9.15. The SMILES string of the molecule is COC(=O)c1c(NC(=O)CN(C)S(=O)(=O)c2ccc(OC)cc2)sc2c1CCCC2. The average Bonchev–Trinajstić information content (AvgIpc) is 3.10. The number of hydrogen-bond acceptors (Lipinski definition) is 7. The molecule has 1 heterocycles. The highest BCUT2D eigenvalue weighted by Crippen LogP contribution is 2.38. The largest absolute Gasteiger partial charge is 0.497 e. The average molecular weight is 453 g/mol. The van der Waals surface area contributed by atoms with Crippen molar-refractivity contribution in [1.82, 2.24) is 4.31 Å². The fourth-order valence-corrected chi connectivity index (χ4v) is 5.77. The molecule has 1 aromatic carbocycles. The van der Waals surface area contributed by atoms with Gasteiger partial charge in [0.15, 0.2) is 0 Å². The third kappa shape index (κ3) is 4.50. The Hall–Kier alpha value is -2.43. The van der Waals surface area contributed by atoms with Gasteiger partial charge < -0.3 is 14.8 Å². The highest BCUT2D eigenvalue weighted by atomic mass is 32.2. The second-order valence-corrected chi connectivity index (χ2v) is 10.0. The maximum absolute atomic E-state index is 12.7. The number of rotatable bonds is 7. The van der Waals surface area contributed by atoms with Crippen molar-refractivity contribution in [2.45, 2.75) is 30.6 Å². The third-order valence-electron chi connectivity index (χ3n) is 4.95. The van der Waals surface area contributed by atoms with Gasteiger partial charge in [-0.1, -0.05) is 0 Å². The van der Waals surface area contributed by atoms with E-state index >= 15 is 0 Å². The summed E-state index contributed by atoms with van der Waals surface area (Å²) in [6, 6.07) is 5.93. The van der Waals surface area contributed by atoms with E-state index in [0.717, 1.165) is 40.4 Å². The summed E-state index contributed by atoms with van der Waals surface area (Å²) in [5, 5.41) is 3.12. The molecule has 0 radical (unpaired) electrons. The van der Waals surface area contributed by atoms with Gasteiger partial charge in [0, 0.05) is 11.9 Å². The number of aryl methyl sites for hydroxylation is 1. The Morgan fingerprint density at radius 3 is 2.43 bits per heavy atom. The van der Waals surface area contributed by atoms with Crippen molar-refractivity contribution >= 4 is 38.2 Å². The first-order valence-electron chi connectivity index (χ1n) is 9.41. The zero-order valence-corrected chi connectivity index (χ0v) is 18.7. The fourth-order valence-electron chi connectivity index (χ4n) is 3.35. The molecule has 1 aliphatic carbocycles. The molecule has 162 valence electrons. The fraction of sp³-hybridized carbons (Fsp3) is 0.400. The van der Waals surface area contributed by atoms with Crippen LogP contribution in [-0.2, 0) is 32.4 Å². The van der Waals surface area contributed by atoms with Gasteiger partial charge in [0.05, 0.1) is 31.2 Å². The summed E-state index contributed by atoms with van der Waals surface area (Å²) in [6.45, 7) is -0.391. The highest BCUT2D eigenvalue weighted by molar-refractivity contribution is 7.89. The molecule has 2 aromatic rings. The first-order chi connectivity index (χ1) is 14.3. The minimum absolute atomic E-state index is 0.0560. The Bertz CT molecular complexity index is 1040. The molecule has 0 saturated carbocycles. The van der Waals surface area contributed by atoms with Gasteiger partial charge in [-0.15, -0.1) is 11.3 Å². The number of ether oxygens (including phenoxy) is 2. The van der Waals surface area contributed by atoms with Crippen molar-refractivity contribution in [3.8, 4) is 5.75 Å². The van der Waals surface area contributed by atoms with Crippen LogP contribution in [0.25, 0.3) is 0 Å². The summed E-state index contributed by atoms with van der Waals surface area (Å²) in [6.07, 6.45) is 3.62. The molecular weight excluding hydrogens is 428 g/mol. The number of anilines is 1. The standard InChI is InChI=1S/C20H24N2O6S2/c1-22(30(25,26)14-10-8-13(27-2)9-11-14)12-17(23)21-19-18(20(24)28-3)15-6-4-5-7-16(15)29-19/h8-11H,4-7,12H2,1-3H3,(H,21,23). The first-order valence-corrected chi connectivity index (χ1v) is 11.7. The van der Waals surface area contributed by atoms with Crippen molar-refractivity contribution in [3.63, 3.8) is 0 Å². The predicted octanol–water partition coefficient (Wildman–Crippen LogP) is 2.68. The molecule has 0 spiro atoms. The summed E-state index contributed by atoms with van der Waals surface area (Å²) in [4.78, 5) is 26.0. The molecular formula is C20H24N2O6S2. The molecule has 0 aliphatic heterocycles. The Balaban J connectivity index is 1.76. The van der Waals surface area contributed by atoms with E-state index < -0.39 is 28.4 Å². The Kier molecular flexibility index (Phi) is 6.79. The van der Waals surface area contributed by atoms with E-state index in [1.54, 1.807) is 12.1 Å². The number of hydrogen-bond donors (Lipinski definition) is 1. The molecule has 1 aliphatic rings. The van der Waals surface area contributed by atoms with Crippen molar-refractivity contribution in [3.05, 3.63) is 40.3 Å². The maximum atomic E-state index is 12.7. The van der Waals surface area contributed by atoms with Crippen LogP contribution < -0.4 is 10.1 Å². The predicted molar refractivity (Wildman–Crippen MR) is 114 cm³/mol. The minimum Gasteiger partial charge on any atom is -0.497 e. The van der Waals surface area contributed by atoms with E-state index in [9.17, 15) is 18.0 Å². The summed E-state index contributed by atoms with van der Waals surface area (Å²) in [5.74, 6) is -0.492. The molecule has 1 aromatic heterocycles. The number of nitrogens with one attached hydrogen (secondary N) is 1. The molecule has 8 nitrogen and oxygen atoms in total. The van der Waals surface area contributed by atoms with Gasteiger partial charge in [-0.25, -0.2) is 13.2 Å². The van der Waals surface area contributed by atoms with Crippen molar-refractivity contribution in [1.29, 1.82) is 0 Å². The first kappa shape index (κ1) is 22.3. The van der Waals surface area contributed by atoms with Gasteiger partial charge in [-0.05, 0) is 55.5 Å². The number of methoxy groups -OCH3 is 2. The Labute approximate surface area is 179 Å². The van der Waals surface area contributed by atoms with Crippen LogP contribution in [0.1, 0.15) is 33.6 Å². The lowest BCUT2D eigenvalue weighted by Gasteiger charge is -2.17. The molecule has 0 fully saturated rings. The molecule has 30 heavy (non-hydrogen) atoms. The van der Waals surface area contributed by atoms with Crippen LogP contribution in [0.2, 0.25) is 0 Å². The Morgan fingerprint density at radius 1 is 1.13 bits per heavy atom. The lowest BCUT2D eigenvalue weighted by atomic mass is 9.95. The number of carbonyl (C=O) groups is 2. The molecule has 1 N–H and O–H groups in total. The Morgan fingerprint density at radius 2 is 1.80 bits per heavy atom. The smallest absolute Gasteiger partial charge is 0.341 e. The van der Waals surface area contributed by atoms with E-state index in [4.69, 9.17) is 9.47 Å². The monoisotopic (exact) mass is 452 g/mol.